The van der Waals surface area contributed by atoms with Crippen LogP contribution in [-0.2, 0) is 9.59 Å². The number of rotatable bonds is 10. The zero-order valence-electron chi connectivity index (χ0n) is 11.4. The first-order chi connectivity index (χ1) is 8.20. The van der Waals surface area contributed by atoms with Crippen molar-refractivity contribution in [1.29, 1.82) is 0 Å². The summed E-state index contributed by atoms with van der Waals surface area (Å²) >= 11 is 0. The van der Waals surface area contributed by atoms with Gasteiger partial charge in [-0.2, -0.15) is 0 Å². The predicted octanol–water partition coefficient (Wildman–Crippen LogP) is 0.830. The molecule has 18 heavy (non-hydrogen) atoms. The number of hydrogen-bond acceptors (Lipinski definition) is 3. The van der Waals surface area contributed by atoms with Gasteiger partial charge >= 0.3 is 0 Å². The smallest absolute Gasteiger partial charge is 0.220 e. The summed E-state index contributed by atoms with van der Waals surface area (Å²) in [5.41, 5.74) is 0. The quantitative estimate of drug-likeness (QED) is 0.519. The highest BCUT2D eigenvalue weighted by Gasteiger charge is 2.05. The van der Waals surface area contributed by atoms with E-state index in [0.29, 0.717) is 13.1 Å². The van der Waals surface area contributed by atoms with E-state index in [9.17, 15) is 9.59 Å². The number of halogens is 1. The molecule has 0 unspecified atom stereocenters. The van der Waals surface area contributed by atoms with Crippen LogP contribution in [-0.4, -0.2) is 38.0 Å². The molecule has 3 N–H and O–H groups in total. The average molecular weight is 280 g/mol. The van der Waals surface area contributed by atoms with E-state index in [-0.39, 0.29) is 37.1 Å². The Hall–Kier alpha value is -0.810. The minimum Gasteiger partial charge on any atom is -0.356 e. The van der Waals surface area contributed by atoms with Crippen LogP contribution in [0.15, 0.2) is 0 Å². The third kappa shape index (κ3) is 13.3. The molecule has 6 heteroatoms. The summed E-state index contributed by atoms with van der Waals surface area (Å²) in [5.74, 6) is -0.110. The van der Waals surface area contributed by atoms with E-state index >= 15 is 0 Å². The molecule has 0 fully saturated rings. The second-order valence-electron chi connectivity index (χ2n) is 3.95. The Bertz CT molecular complexity index is 225. The van der Waals surface area contributed by atoms with Crippen molar-refractivity contribution in [2.45, 2.75) is 39.5 Å². The second kappa shape index (κ2) is 14.3. The molecular formula is C12H26ClN3O2. The van der Waals surface area contributed by atoms with Gasteiger partial charge in [-0.25, -0.2) is 0 Å². The summed E-state index contributed by atoms with van der Waals surface area (Å²) in [4.78, 5) is 22.6. The molecule has 5 nitrogen and oxygen atoms in total. The summed E-state index contributed by atoms with van der Waals surface area (Å²) in [6.45, 7) is 7.14. The van der Waals surface area contributed by atoms with Gasteiger partial charge in [-0.05, 0) is 19.4 Å². The number of nitrogens with one attached hydrogen (secondary N) is 3. The van der Waals surface area contributed by atoms with E-state index in [1.165, 1.54) is 0 Å². The van der Waals surface area contributed by atoms with Gasteiger partial charge in [0.25, 0.3) is 0 Å². The standard InChI is InChI=1S/C12H25N3O2.ClH/c1-3-7-13-9-10-15-12(17)6-5-11(16)14-8-4-2;/h13H,3-10H2,1-2H3,(H,14,16)(H,15,17);1H. The van der Waals surface area contributed by atoms with Crippen molar-refractivity contribution in [3.8, 4) is 0 Å². The number of carbonyl (C=O) groups is 2. The van der Waals surface area contributed by atoms with Crippen molar-refractivity contribution < 1.29 is 9.59 Å². The molecule has 0 heterocycles. The van der Waals surface area contributed by atoms with Crippen LogP contribution in [0.5, 0.6) is 0 Å². The SMILES string of the molecule is CCCNCCNC(=O)CCC(=O)NCCC.Cl. The molecule has 2 amide bonds. The summed E-state index contributed by atoms with van der Waals surface area (Å²) in [6.07, 6.45) is 2.55. The van der Waals surface area contributed by atoms with E-state index in [2.05, 4.69) is 22.9 Å². The molecule has 0 aliphatic heterocycles. The topological polar surface area (TPSA) is 70.2 Å². The fourth-order valence-electron chi connectivity index (χ4n) is 1.26. The Morgan fingerprint density at radius 1 is 0.778 bits per heavy atom. The average Bonchev–Trinajstić information content (AvgIpc) is 2.33. The van der Waals surface area contributed by atoms with Gasteiger partial charge in [0, 0.05) is 32.5 Å². The fraction of sp³-hybridized carbons (Fsp3) is 0.833. The van der Waals surface area contributed by atoms with E-state index in [1.807, 2.05) is 6.92 Å². The van der Waals surface area contributed by atoms with Crippen molar-refractivity contribution in [2.24, 2.45) is 0 Å². The predicted molar refractivity (Wildman–Crippen MR) is 76.0 cm³/mol. The van der Waals surface area contributed by atoms with Gasteiger partial charge in [0.15, 0.2) is 0 Å². The molecule has 108 valence electrons. The highest BCUT2D eigenvalue weighted by molar-refractivity contribution is 5.85. The van der Waals surface area contributed by atoms with E-state index in [4.69, 9.17) is 0 Å². The van der Waals surface area contributed by atoms with E-state index in [1.54, 1.807) is 0 Å². The number of amides is 2. The first-order valence-corrected chi connectivity index (χ1v) is 6.44. The van der Waals surface area contributed by atoms with Crippen molar-refractivity contribution in [2.75, 3.05) is 26.2 Å². The van der Waals surface area contributed by atoms with E-state index < -0.39 is 0 Å². The maximum Gasteiger partial charge on any atom is 0.220 e. The fourth-order valence-corrected chi connectivity index (χ4v) is 1.26. The van der Waals surface area contributed by atoms with Crippen LogP contribution < -0.4 is 16.0 Å². The summed E-state index contributed by atoms with van der Waals surface area (Å²) < 4.78 is 0. The molecule has 0 radical (unpaired) electrons. The molecule has 0 aromatic heterocycles. The monoisotopic (exact) mass is 279 g/mol. The molecule has 0 aromatic rings. The number of carbonyl (C=O) groups excluding carboxylic acids is 2. The van der Waals surface area contributed by atoms with Crippen LogP contribution in [0.2, 0.25) is 0 Å². The van der Waals surface area contributed by atoms with Gasteiger partial charge in [0.2, 0.25) is 11.8 Å². The van der Waals surface area contributed by atoms with Gasteiger partial charge in [-0.15, -0.1) is 12.4 Å². The minimum atomic E-state index is -0.0602. The minimum absolute atomic E-state index is 0. The van der Waals surface area contributed by atoms with Crippen LogP contribution in [0.25, 0.3) is 0 Å². The van der Waals surface area contributed by atoms with Gasteiger partial charge in [0.1, 0.15) is 0 Å². The largest absolute Gasteiger partial charge is 0.356 e. The lowest BCUT2D eigenvalue weighted by Crippen LogP contribution is -2.33. The Balaban J connectivity index is 0. The normalized spacial score (nSPS) is 9.44. The van der Waals surface area contributed by atoms with Crippen LogP contribution in [0.4, 0.5) is 0 Å². The zero-order chi connectivity index (χ0) is 12.9. The molecular weight excluding hydrogens is 254 g/mol. The highest BCUT2D eigenvalue weighted by Crippen LogP contribution is 1.89. The lowest BCUT2D eigenvalue weighted by Gasteiger charge is -2.06. The van der Waals surface area contributed by atoms with Crippen molar-refractivity contribution in [1.82, 2.24) is 16.0 Å². The van der Waals surface area contributed by atoms with Crippen LogP contribution in [0.1, 0.15) is 39.5 Å². The lowest BCUT2D eigenvalue weighted by atomic mass is 10.2. The van der Waals surface area contributed by atoms with Crippen molar-refractivity contribution in [3.63, 3.8) is 0 Å². The van der Waals surface area contributed by atoms with Gasteiger partial charge in [-0.3, -0.25) is 9.59 Å². The maximum absolute atomic E-state index is 11.3. The lowest BCUT2D eigenvalue weighted by molar-refractivity contribution is -0.126. The van der Waals surface area contributed by atoms with Gasteiger partial charge in [0.05, 0.1) is 0 Å². The van der Waals surface area contributed by atoms with Crippen LogP contribution >= 0.6 is 12.4 Å². The highest BCUT2D eigenvalue weighted by atomic mass is 35.5. The molecule has 0 rings (SSSR count). The first-order valence-electron chi connectivity index (χ1n) is 6.44. The molecule has 0 aliphatic rings. The molecule has 0 saturated carbocycles. The van der Waals surface area contributed by atoms with E-state index in [0.717, 1.165) is 25.9 Å². The first kappa shape index (κ1) is 19.5. The third-order valence-electron chi connectivity index (χ3n) is 2.20. The maximum atomic E-state index is 11.3. The van der Waals surface area contributed by atoms with Gasteiger partial charge < -0.3 is 16.0 Å². The van der Waals surface area contributed by atoms with Crippen LogP contribution in [0.3, 0.4) is 0 Å². The summed E-state index contributed by atoms with van der Waals surface area (Å²) in [7, 11) is 0. The van der Waals surface area contributed by atoms with Crippen molar-refractivity contribution in [3.05, 3.63) is 0 Å². The Morgan fingerprint density at radius 3 is 1.78 bits per heavy atom. The Kier molecular flexibility index (Phi) is 15.5. The molecule has 0 aliphatic carbocycles. The zero-order valence-corrected chi connectivity index (χ0v) is 12.2. The third-order valence-corrected chi connectivity index (χ3v) is 2.20. The molecule has 0 atom stereocenters. The van der Waals surface area contributed by atoms with Crippen LogP contribution in [0, 0.1) is 0 Å². The Labute approximate surface area is 116 Å². The summed E-state index contributed by atoms with van der Waals surface area (Å²) in [5, 5.41) is 8.70. The van der Waals surface area contributed by atoms with Crippen molar-refractivity contribution >= 4 is 24.2 Å². The Morgan fingerprint density at radius 2 is 1.28 bits per heavy atom. The second-order valence-corrected chi connectivity index (χ2v) is 3.95. The molecule has 0 saturated heterocycles. The summed E-state index contributed by atoms with van der Waals surface area (Å²) in [6, 6.07) is 0. The molecule has 0 bridgehead atoms. The molecule has 0 spiro atoms. The molecule has 0 aromatic carbocycles. The number of hydrogen-bond donors (Lipinski definition) is 3. The van der Waals surface area contributed by atoms with Gasteiger partial charge in [-0.1, -0.05) is 13.8 Å².